The van der Waals surface area contributed by atoms with Crippen LogP contribution in [0.3, 0.4) is 0 Å². The molecule has 176 valence electrons. The number of ether oxygens (including phenoxy) is 2. The zero-order chi connectivity index (χ0) is 24.2. The molecule has 3 heterocycles. The first kappa shape index (κ1) is 22.1. The standard InChI is InChI=1S/C26H23N5O4/c1-17-4-3-13-31-14-21(28-25(17)31)15-33-22-9-5-19(6-10-22)26(32)29-20-7-11-23(12-8-20)34-16-24-27-18(2)35-30-24/h3-14H,15-16H2,1-2H3,(H,29,32). The fraction of sp³-hybridized carbons (Fsp3) is 0.154. The van der Waals surface area contributed by atoms with Crippen molar-refractivity contribution in [1.29, 1.82) is 0 Å². The van der Waals surface area contributed by atoms with Gasteiger partial charge in [0.1, 0.15) is 23.8 Å². The van der Waals surface area contributed by atoms with E-state index < -0.39 is 0 Å². The zero-order valence-corrected chi connectivity index (χ0v) is 19.3. The molecule has 0 aliphatic heterocycles. The molecular weight excluding hydrogens is 446 g/mol. The van der Waals surface area contributed by atoms with Gasteiger partial charge in [-0.3, -0.25) is 4.79 Å². The number of carbonyl (C=O) groups excluding carboxylic acids is 1. The summed E-state index contributed by atoms with van der Waals surface area (Å²) in [6.07, 6.45) is 3.91. The topological polar surface area (TPSA) is 104 Å². The lowest BCUT2D eigenvalue weighted by molar-refractivity contribution is 0.102. The van der Waals surface area contributed by atoms with Gasteiger partial charge in [-0.2, -0.15) is 4.98 Å². The molecule has 0 aliphatic carbocycles. The highest BCUT2D eigenvalue weighted by molar-refractivity contribution is 6.04. The molecule has 0 aliphatic rings. The van der Waals surface area contributed by atoms with Crippen molar-refractivity contribution in [3.63, 3.8) is 0 Å². The van der Waals surface area contributed by atoms with Crippen molar-refractivity contribution in [3.8, 4) is 11.5 Å². The van der Waals surface area contributed by atoms with Crippen molar-refractivity contribution in [2.45, 2.75) is 27.1 Å². The fourth-order valence-electron chi connectivity index (χ4n) is 3.52. The summed E-state index contributed by atoms with van der Waals surface area (Å²) in [7, 11) is 0. The first-order valence-electron chi connectivity index (χ1n) is 11.0. The highest BCUT2D eigenvalue weighted by atomic mass is 16.5. The molecule has 9 nitrogen and oxygen atoms in total. The number of nitrogens with zero attached hydrogens (tertiary/aromatic N) is 4. The van der Waals surface area contributed by atoms with Crippen LogP contribution in [0.15, 0.2) is 77.6 Å². The molecule has 35 heavy (non-hydrogen) atoms. The van der Waals surface area contributed by atoms with Crippen molar-refractivity contribution in [3.05, 3.63) is 102 Å². The number of aryl methyl sites for hydroxylation is 2. The highest BCUT2D eigenvalue weighted by Crippen LogP contribution is 2.19. The zero-order valence-electron chi connectivity index (χ0n) is 19.3. The SMILES string of the molecule is Cc1nc(COc2ccc(NC(=O)c3ccc(OCc4cn5cccc(C)c5n4)cc3)cc2)no1. The van der Waals surface area contributed by atoms with Gasteiger partial charge in [-0.05, 0) is 67.1 Å². The van der Waals surface area contributed by atoms with Crippen LogP contribution in [0.25, 0.3) is 5.65 Å². The predicted octanol–water partition coefficient (Wildman–Crippen LogP) is 4.74. The Bertz CT molecular complexity index is 1460. The van der Waals surface area contributed by atoms with E-state index in [1.807, 2.05) is 35.9 Å². The van der Waals surface area contributed by atoms with Crippen molar-refractivity contribution >= 4 is 17.2 Å². The molecular formula is C26H23N5O4. The molecule has 0 unspecified atom stereocenters. The van der Waals surface area contributed by atoms with E-state index >= 15 is 0 Å². The maximum atomic E-state index is 12.6. The predicted molar refractivity (Wildman–Crippen MR) is 128 cm³/mol. The molecule has 5 rings (SSSR count). The number of nitrogens with one attached hydrogen (secondary N) is 1. The summed E-state index contributed by atoms with van der Waals surface area (Å²) < 4.78 is 18.4. The number of benzene rings is 2. The van der Waals surface area contributed by atoms with Gasteiger partial charge in [-0.25, -0.2) is 4.98 Å². The number of amides is 1. The van der Waals surface area contributed by atoms with Gasteiger partial charge >= 0.3 is 0 Å². The van der Waals surface area contributed by atoms with Crippen LogP contribution in [0.5, 0.6) is 11.5 Å². The number of imidazole rings is 1. The van der Waals surface area contributed by atoms with E-state index in [1.165, 1.54) is 0 Å². The number of hydrogen-bond acceptors (Lipinski definition) is 7. The molecule has 0 atom stereocenters. The maximum absolute atomic E-state index is 12.6. The third-order valence-electron chi connectivity index (χ3n) is 5.28. The van der Waals surface area contributed by atoms with Crippen molar-refractivity contribution in [2.75, 3.05) is 5.32 Å². The second-order valence-electron chi connectivity index (χ2n) is 7.96. The Hall–Kier alpha value is -4.66. The van der Waals surface area contributed by atoms with Gasteiger partial charge in [0.25, 0.3) is 5.91 Å². The summed E-state index contributed by atoms with van der Waals surface area (Å²) in [4.78, 5) is 21.3. The minimum Gasteiger partial charge on any atom is -0.487 e. The smallest absolute Gasteiger partial charge is 0.255 e. The number of fused-ring (bicyclic) bond motifs is 1. The summed E-state index contributed by atoms with van der Waals surface area (Å²) >= 11 is 0. The van der Waals surface area contributed by atoms with Crippen molar-refractivity contribution in [2.24, 2.45) is 0 Å². The fourth-order valence-corrected chi connectivity index (χ4v) is 3.52. The quantitative estimate of drug-likeness (QED) is 0.350. The Labute approximate surface area is 201 Å². The molecule has 2 aromatic carbocycles. The molecule has 1 amide bonds. The molecule has 3 aromatic heterocycles. The minimum atomic E-state index is -0.219. The molecule has 1 N–H and O–H groups in total. The van der Waals surface area contributed by atoms with E-state index in [1.54, 1.807) is 55.5 Å². The Morgan fingerprint density at radius 2 is 1.66 bits per heavy atom. The average molecular weight is 470 g/mol. The Balaban J connectivity index is 1.14. The lowest BCUT2D eigenvalue weighted by Gasteiger charge is -2.08. The van der Waals surface area contributed by atoms with E-state index in [-0.39, 0.29) is 12.5 Å². The van der Waals surface area contributed by atoms with Crippen LogP contribution in [0.2, 0.25) is 0 Å². The molecule has 0 spiro atoms. The van der Waals surface area contributed by atoms with E-state index in [0.29, 0.717) is 41.1 Å². The normalized spacial score (nSPS) is 10.9. The second kappa shape index (κ2) is 9.68. The maximum Gasteiger partial charge on any atom is 0.255 e. The van der Waals surface area contributed by atoms with Crippen molar-refractivity contribution < 1.29 is 18.8 Å². The number of carbonyl (C=O) groups is 1. The molecule has 0 fully saturated rings. The van der Waals surface area contributed by atoms with Crippen LogP contribution >= 0.6 is 0 Å². The third kappa shape index (κ3) is 5.30. The largest absolute Gasteiger partial charge is 0.487 e. The van der Waals surface area contributed by atoms with Gasteiger partial charge in [-0.15, -0.1) is 0 Å². The summed E-state index contributed by atoms with van der Waals surface area (Å²) in [6, 6.07) is 18.1. The van der Waals surface area contributed by atoms with Crippen LogP contribution in [0, 0.1) is 13.8 Å². The number of rotatable bonds is 8. The Morgan fingerprint density at radius 1 is 0.943 bits per heavy atom. The van der Waals surface area contributed by atoms with Gasteiger partial charge in [0.05, 0.1) is 5.69 Å². The minimum absolute atomic E-state index is 0.203. The third-order valence-corrected chi connectivity index (χ3v) is 5.28. The first-order valence-corrected chi connectivity index (χ1v) is 11.0. The van der Waals surface area contributed by atoms with E-state index in [2.05, 4.69) is 20.4 Å². The number of anilines is 1. The average Bonchev–Trinajstić information content (AvgIpc) is 3.49. The molecule has 5 aromatic rings. The lowest BCUT2D eigenvalue weighted by Crippen LogP contribution is -2.11. The van der Waals surface area contributed by atoms with Gasteiger partial charge in [-0.1, -0.05) is 11.2 Å². The van der Waals surface area contributed by atoms with Gasteiger partial charge in [0, 0.05) is 30.6 Å². The summed E-state index contributed by atoms with van der Waals surface area (Å²) in [6.45, 7) is 4.29. The van der Waals surface area contributed by atoms with Crippen LogP contribution in [-0.4, -0.2) is 25.4 Å². The van der Waals surface area contributed by atoms with E-state index in [0.717, 1.165) is 16.9 Å². The highest BCUT2D eigenvalue weighted by Gasteiger charge is 2.09. The molecule has 9 heteroatoms. The van der Waals surface area contributed by atoms with Crippen LogP contribution < -0.4 is 14.8 Å². The number of aromatic nitrogens is 4. The number of hydrogen-bond donors (Lipinski definition) is 1. The van der Waals surface area contributed by atoms with Crippen LogP contribution in [0.4, 0.5) is 5.69 Å². The lowest BCUT2D eigenvalue weighted by atomic mass is 10.2. The van der Waals surface area contributed by atoms with Gasteiger partial charge in [0.15, 0.2) is 6.61 Å². The number of pyridine rings is 1. The van der Waals surface area contributed by atoms with Crippen LogP contribution in [0.1, 0.15) is 33.3 Å². The molecule has 0 bridgehead atoms. The monoisotopic (exact) mass is 469 g/mol. The first-order chi connectivity index (χ1) is 17.0. The second-order valence-corrected chi connectivity index (χ2v) is 7.96. The molecule has 0 saturated carbocycles. The van der Waals surface area contributed by atoms with E-state index in [9.17, 15) is 4.79 Å². The Kier molecular flexibility index (Phi) is 6.13. The summed E-state index contributed by atoms with van der Waals surface area (Å²) in [5.74, 6) is 2.04. The van der Waals surface area contributed by atoms with Crippen LogP contribution in [-0.2, 0) is 13.2 Å². The van der Waals surface area contributed by atoms with Gasteiger partial charge < -0.3 is 23.7 Å². The van der Waals surface area contributed by atoms with E-state index in [4.69, 9.17) is 14.0 Å². The van der Waals surface area contributed by atoms with Gasteiger partial charge in [0.2, 0.25) is 11.7 Å². The van der Waals surface area contributed by atoms with Crippen molar-refractivity contribution in [1.82, 2.24) is 19.5 Å². The molecule has 0 saturated heterocycles. The Morgan fingerprint density at radius 3 is 2.34 bits per heavy atom. The summed E-state index contributed by atoms with van der Waals surface area (Å²) in [5, 5.41) is 6.66. The molecule has 0 radical (unpaired) electrons. The summed E-state index contributed by atoms with van der Waals surface area (Å²) in [5.41, 5.74) is 4.03.